The van der Waals surface area contributed by atoms with E-state index in [2.05, 4.69) is 20.1 Å². The molecule has 8 nitrogen and oxygen atoms in total. The third kappa shape index (κ3) is 2.57. The monoisotopic (exact) mass is 308 g/mol. The van der Waals surface area contributed by atoms with Gasteiger partial charge in [0, 0.05) is 0 Å². The summed E-state index contributed by atoms with van der Waals surface area (Å²) in [5.74, 6) is 1.35. The van der Waals surface area contributed by atoms with Gasteiger partial charge in [-0.25, -0.2) is 0 Å². The Morgan fingerprint density at radius 2 is 1.91 bits per heavy atom. The minimum atomic E-state index is 0.142. The van der Waals surface area contributed by atoms with E-state index < -0.39 is 0 Å². The molecule has 4 aromatic rings. The molecule has 2 N–H and O–H groups in total. The van der Waals surface area contributed by atoms with Crippen molar-refractivity contribution in [1.82, 2.24) is 24.6 Å². The standard InChI is InChI=1S/C15H12N6O2/c16-13-18-15(23-9-10-5-2-1-3-6-10)19-14-17-12(20-21(13)14)11-7-4-8-22-11/h1-8H,9H2,(H2,16,17,18,19,20). The van der Waals surface area contributed by atoms with Gasteiger partial charge in [-0.3, -0.25) is 0 Å². The summed E-state index contributed by atoms with van der Waals surface area (Å²) in [6, 6.07) is 13.4. The molecule has 0 spiro atoms. The van der Waals surface area contributed by atoms with Crippen molar-refractivity contribution in [2.24, 2.45) is 0 Å². The number of fused-ring (bicyclic) bond motifs is 1. The molecule has 3 aromatic heterocycles. The third-order valence-electron chi connectivity index (χ3n) is 3.17. The van der Waals surface area contributed by atoms with Crippen LogP contribution in [0.25, 0.3) is 17.4 Å². The normalized spacial score (nSPS) is 11.0. The Labute approximate surface area is 130 Å². The third-order valence-corrected chi connectivity index (χ3v) is 3.17. The highest BCUT2D eigenvalue weighted by Gasteiger charge is 2.14. The molecule has 0 saturated carbocycles. The predicted octanol–water partition coefficient (Wildman–Crippen LogP) is 1.94. The number of benzene rings is 1. The Morgan fingerprint density at radius 3 is 2.70 bits per heavy atom. The molecule has 1 aromatic carbocycles. The number of nitrogens with two attached hydrogens (primary N) is 1. The summed E-state index contributed by atoms with van der Waals surface area (Å²) in [4.78, 5) is 12.6. The maximum atomic E-state index is 5.89. The number of hydrogen-bond acceptors (Lipinski definition) is 7. The summed E-state index contributed by atoms with van der Waals surface area (Å²) in [6.45, 7) is 0.343. The van der Waals surface area contributed by atoms with E-state index in [9.17, 15) is 0 Å². The number of nitrogen functional groups attached to an aromatic ring is 1. The summed E-state index contributed by atoms with van der Waals surface area (Å²) in [7, 11) is 0. The lowest BCUT2D eigenvalue weighted by Gasteiger charge is -2.05. The van der Waals surface area contributed by atoms with Gasteiger partial charge in [0.05, 0.1) is 6.26 Å². The molecule has 0 radical (unpaired) electrons. The van der Waals surface area contributed by atoms with E-state index in [1.807, 2.05) is 30.3 Å². The van der Waals surface area contributed by atoms with Crippen molar-refractivity contribution < 1.29 is 9.15 Å². The van der Waals surface area contributed by atoms with Gasteiger partial charge in [0.25, 0.3) is 5.78 Å². The molecule has 114 valence electrons. The quantitative estimate of drug-likeness (QED) is 0.614. The first-order valence-corrected chi connectivity index (χ1v) is 6.90. The van der Waals surface area contributed by atoms with E-state index in [0.717, 1.165) is 5.56 Å². The van der Waals surface area contributed by atoms with Crippen LogP contribution in [0.2, 0.25) is 0 Å². The van der Waals surface area contributed by atoms with Gasteiger partial charge < -0.3 is 14.9 Å². The maximum absolute atomic E-state index is 5.89. The predicted molar refractivity (Wildman–Crippen MR) is 81.5 cm³/mol. The van der Waals surface area contributed by atoms with Crippen LogP contribution in [0.15, 0.2) is 53.1 Å². The van der Waals surface area contributed by atoms with Crippen LogP contribution in [0.1, 0.15) is 5.56 Å². The van der Waals surface area contributed by atoms with Gasteiger partial charge in [-0.2, -0.15) is 19.5 Å². The van der Waals surface area contributed by atoms with Gasteiger partial charge in [0.15, 0.2) is 5.76 Å². The molecule has 0 bridgehead atoms. The molecule has 0 unspecified atom stereocenters. The Morgan fingerprint density at radius 1 is 1.04 bits per heavy atom. The second-order valence-electron chi connectivity index (χ2n) is 4.76. The van der Waals surface area contributed by atoms with Crippen molar-refractivity contribution in [2.45, 2.75) is 6.61 Å². The van der Waals surface area contributed by atoms with Gasteiger partial charge in [0.1, 0.15) is 6.61 Å². The van der Waals surface area contributed by atoms with E-state index in [-0.39, 0.29) is 12.0 Å². The lowest BCUT2D eigenvalue weighted by Crippen LogP contribution is -2.07. The average Bonchev–Trinajstić information content (AvgIpc) is 3.23. The molecule has 0 aliphatic carbocycles. The largest absolute Gasteiger partial charge is 0.461 e. The molecule has 0 atom stereocenters. The summed E-state index contributed by atoms with van der Waals surface area (Å²) in [5.41, 5.74) is 6.90. The second-order valence-corrected chi connectivity index (χ2v) is 4.76. The Balaban J connectivity index is 1.64. The zero-order chi connectivity index (χ0) is 15.6. The minimum Gasteiger partial charge on any atom is -0.461 e. The van der Waals surface area contributed by atoms with Crippen molar-refractivity contribution in [3.63, 3.8) is 0 Å². The molecule has 0 amide bonds. The molecule has 23 heavy (non-hydrogen) atoms. The molecule has 0 saturated heterocycles. The van der Waals surface area contributed by atoms with Crippen molar-refractivity contribution in [2.75, 3.05) is 5.73 Å². The van der Waals surface area contributed by atoms with Crippen LogP contribution in [-0.2, 0) is 6.61 Å². The zero-order valence-corrected chi connectivity index (χ0v) is 12.0. The number of ether oxygens (including phenoxy) is 1. The van der Waals surface area contributed by atoms with Crippen LogP contribution < -0.4 is 10.5 Å². The Hall–Kier alpha value is -3.42. The molecule has 0 aliphatic rings. The summed E-state index contributed by atoms with van der Waals surface area (Å²) < 4.78 is 12.2. The van der Waals surface area contributed by atoms with Gasteiger partial charge >= 0.3 is 6.01 Å². The van der Waals surface area contributed by atoms with Gasteiger partial charge in [-0.05, 0) is 17.7 Å². The van der Waals surface area contributed by atoms with Crippen molar-refractivity contribution >= 4 is 11.7 Å². The first-order valence-electron chi connectivity index (χ1n) is 6.90. The second kappa shape index (κ2) is 5.41. The van der Waals surface area contributed by atoms with Crippen LogP contribution in [0.4, 0.5) is 5.95 Å². The number of nitrogens with zero attached hydrogens (tertiary/aromatic N) is 5. The van der Waals surface area contributed by atoms with Crippen LogP contribution in [0.3, 0.4) is 0 Å². The van der Waals surface area contributed by atoms with Crippen LogP contribution in [-0.4, -0.2) is 24.6 Å². The summed E-state index contributed by atoms with van der Waals surface area (Å²) in [6.07, 6.45) is 1.55. The van der Waals surface area contributed by atoms with E-state index >= 15 is 0 Å². The topological polar surface area (TPSA) is 104 Å². The van der Waals surface area contributed by atoms with Crippen LogP contribution in [0.5, 0.6) is 6.01 Å². The highest BCUT2D eigenvalue weighted by Crippen LogP contribution is 2.18. The summed E-state index contributed by atoms with van der Waals surface area (Å²) >= 11 is 0. The fourth-order valence-corrected chi connectivity index (χ4v) is 2.08. The Bertz CT molecular complexity index is 933. The molecule has 3 heterocycles. The van der Waals surface area contributed by atoms with E-state index in [1.54, 1.807) is 18.4 Å². The van der Waals surface area contributed by atoms with Crippen LogP contribution >= 0.6 is 0 Å². The number of anilines is 1. The van der Waals surface area contributed by atoms with Gasteiger partial charge in [-0.15, -0.1) is 5.10 Å². The first kappa shape index (κ1) is 13.3. The molecule has 8 heteroatoms. The van der Waals surface area contributed by atoms with E-state index in [4.69, 9.17) is 14.9 Å². The smallest absolute Gasteiger partial charge is 0.323 e. The number of furan rings is 1. The average molecular weight is 308 g/mol. The number of rotatable bonds is 4. The SMILES string of the molecule is Nc1nc(OCc2ccccc2)nc2nc(-c3ccco3)nn12. The number of hydrogen-bond donors (Lipinski definition) is 1. The zero-order valence-electron chi connectivity index (χ0n) is 12.0. The highest BCUT2D eigenvalue weighted by atomic mass is 16.5. The highest BCUT2D eigenvalue weighted by molar-refractivity contribution is 5.51. The molecular formula is C15H12N6O2. The fraction of sp³-hybridized carbons (Fsp3) is 0.0667. The van der Waals surface area contributed by atoms with Crippen molar-refractivity contribution in [3.8, 4) is 17.6 Å². The van der Waals surface area contributed by atoms with E-state index in [0.29, 0.717) is 24.0 Å². The van der Waals surface area contributed by atoms with E-state index in [1.165, 1.54) is 4.52 Å². The Kier molecular flexibility index (Phi) is 3.12. The number of aromatic nitrogens is 5. The lowest BCUT2D eigenvalue weighted by molar-refractivity contribution is 0.281. The maximum Gasteiger partial charge on any atom is 0.323 e. The van der Waals surface area contributed by atoms with Crippen molar-refractivity contribution in [3.05, 3.63) is 54.3 Å². The fourth-order valence-electron chi connectivity index (χ4n) is 2.08. The molecule has 0 fully saturated rings. The minimum absolute atomic E-state index is 0.142. The van der Waals surface area contributed by atoms with Crippen LogP contribution in [0, 0.1) is 0 Å². The van der Waals surface area contributed by atoms with Gasteiger partial charge in [-0.1, -0.05) is 30.3 Å². The first-order chi connectivity index (χ1) is 11.3. The van der Waals surface area contributed by atoms with Crippen molar-refractivity contribution in [1.29, 1.82) is 0 Å². The molecular weight excluding hydrogens is 296 g/mol. The summed E-state index contributed by atoms with van der Waals surface area (Å²) in [5, 5.41) is 4.22. The molecule has 0 aliphatic heterocycles. The van der Waals surface area contributed by atoms with Gasteiger partial charge in [0.2, 0.25) is 11.8 Å². The lowest BCUT2D eigenvalue weighted by atomic mass is 10.2. The molecule has 4 rings (SSSR count).